The van der Waals surface area contributed by atoms with E-state index in [1.807, 2.05) is 7.05 Å². The molecule has 2 aromatic heterocycles. The van der Waals surface area contributed by atoms with Gasteiger partial charge in [0.25, 0.3) is 0 Å². The normalized spacial score (nSPS) is 10.7. The van der Waals surface area contributed by atoms with Gasteiger partial charge in [-0.05, 0) is 19.9 Å². The Hall–Kier alpha value is -1.29. The van der Waals surface area contributed by atoms with Crippen LogP contribution in [-0.2, 0) is 7.05 Å². The molecular formula is C11H15N3S. The van der Waals surface area contributed by atoms with Crippen LogP contribution in [-0.4, -0.2) is 16.6 Å². The molecule has 0 atom stereocenters. The molecule has 4 heteroatoms. The Morgan fingerprint density at radius 3 is 2.60 bits per heavy atom. The highest BCUT2D eigenvalue weighted by Crippen LogP contribution is 2.28. The van der Waals surface area contributed by atoms with Crippen LogP contribution in [0.5, 0.6) is 0 Å². The van der Waals surface area contributed by atoms with Crippen molar-refractivity contribution in [3.8, 4) is 11.3 Å². The minimum Gasteiger partial charge on any atom is -0.365 e. The van der Waals surface area contributed by atoms with Crippen LogP contribution in [0.1, 0.15) is 11.4 Å². The van der Waals surface area contributed by atoms with E-state index >= 15 is 0 Å². The van der Waals surface area contributed by atoms with Crippen LogP contribution in [0.15, 0.2) is 11.4 Å². The molecule has 15 heavy (non-hydrogen) atoms. The van der Waals surface area contributed by atoms with Gasteiger partial charge < -0.3 is 9.88 Å². The molecule has 0 aliphatic rings. The van der Waals surface area contributed by atoms with Gasteiger partial charge in [0, 0.05) is 36.4 Å². The Morgan fingerprint density at radius 1 is 1.40 bits per heavy atom. The van der Waals surface area contributed by atoms with E-state index in [0.717, 1.165) is 10.8 Å². The first kappa shape index (κ1) is 10.2. The molecule has 0 saturated carbocycles. The molecule has 0 unspecified atom stereocenters. The van der Waals surface area contributed by atoms with Crippen molar-refractivity contribution in [3.63, 3.8) is 0 Å². The van der Waals surface area contributed by atoms with E-state index in [2.05, 4.69) is 47.2 Å². The lowest BCUT2D eigenvalue weighted by Gasteiger charge is -1.99. The van der Waals surface area contributed by atoms with Crippen LogP contribution in [0.3, 0.4) is 0 Å². The van der Waals surface area contributed by atoms with Gasteiger partial charge in [-0.25, -0.2) is 4.98 Å². The molecule has 0 radical (unpaired) electrons. The zero-order valence-electron chi connectivity index (χ0n) is 9.46. The lowest BCUT2D eigenvalue weighted by molar-refractivity contribution is 0.845. The van der Waals surface area contributed by atoms with Gasteiger partial charge >= 0.3 is 0 Å². The average Bonchev–Trinajstić information content (AvgIpc) is 2.79. The number of aromatic nitrogens is 2. The maximum absolute atomic E-state index is 4.51. The molecule has 0 amide bonds. The summed E-state index contributed by atoms with van der Waals surface area (Å²) in [6, 6.07) is 2.18. The van der Waals surface area contributed by atoms with Crippen LogP contribution < -0.4 is 5.32 Å². The third kappa shape index (κ3) is 1.65. The van der Waals surface area contributed by atoms with Crippen molar-refractivity contribution in [2.45, 2.75) is 13.8 Å². The maximum Gasteiger partial charge on any atom is 0.182 e. The summed E-state index contributed by atoms with van der Waals surface area (Å²) >= 11 is 1.64. The molecule has 2 rings (SSSR count). The van der Waals surface area contributed by atoms with Gasteiger partial charge in [0.15, 0.2) is 5.13 Å². The van der Waals surface area contributed by atoms with Gasteiger partial charge in [0.05, 0.1) is 5.69 Å². The monoisotopic (exact) mass is 221 g/mol. The van der Waals surface area contributed by atoms with Crippen molar-refractivity contribution < 1.29 is 0 Å². The summed E-state index contributed by atoms with van der Waals surface area (Å²) in [5.41, 5.74) is 4.82. The SMILES string of the molecule is CNc1nc(-c2cc(C)n(C)c2C)cs1. The maximum atomic E-state index is 4.51. The van der Waals surface area contributed by atoms with E-state index < -0.39 is 0 Å². The van der Waals surface area contributed by atoms with E-state index in [1.165, 1.54) is 17.0 Å². The summed E-state index contributed by atoms with van der Waals surface area (Å²) < 4.78 is 2.19. The van der Waals surface area contributed by atoms with Crippen molar-refractivity contribution >= 4 is 16.5 Å². The first-order valence-electron chi connectivity index (χ1n) is 4.90. The summed E-state index contributed by atoms with van der Waals surface area (Å²) in [6.07, 6.45) is 0. The van der Waals surface area contributed by atoms with E-state index in [9.17, 15) is 0 Å². The van der Waals surface area contributed by atoms with E-state index in [4.69, 9.17) is 0 Å². The van der Waals surface area contributed by atoms with E-state index in [1.54, 1.807) is 11.3 Å². The van der Waals surface area contributed by atoms with Gasteiger partial charge in [0.2, 0.25) is 0 Å². The van der Waals surface area contributed by atoms with Gasteiger partial charge in [-0.3, -0.25) is 0 Å². The van der Waals surface area contributed by atoms with Crippen LogP contribution in [0, 0.1) is 13.8 Å². The molecule has 2 aromatic rings. The highest BCUT2D eigenvalue weighted by atomic mass is 32.1. The highest BCUT2D eigenvalue weighted by molar-refractivity contribution is 7.14. The molecule has 3 nitrogen and oxygen atoms in total. The molecule has 0 aliphatic carbocycles. The van der Waals surface area contributed by atoms with Gasteiger partial charge in [-0.2, -0.15) is 0 Å². The Kier molecular flexibility index (Phi) is 2.52. The molecule has 0 saturated heterocycles. The first-order valence-corrected chi connectivity index (χ1v) is 5.78. The summed E-state index contributed by atoms with van der Waals surface area (Å²) in [5.74, 6) is 0. The number of hydrogen-bond donors (Lipinski definition) is 1. The van der Waals surface area contributed by atoms with Crippen LogP contribution in [0.25, 0.3) is 11.3 Å². The molecule has 0 fully saturated rings. The zero-order valence-corrected chi connectivity index (χ0v) is 10.3. The van der Waals surface area contributed by atoms with Crippen molar-refractivity contribution in [2.75, 3.05) is 12.4 Å². The minimum atomic E-state index is 0.964. The second-order valence-electron chi connectivity index (χ2n) is 3.63. The number of aryl methyl sites for hydroxylation is 1. The fourth-order valence-corrected chi connectivity index (χ4v) is 2.30. The number of rotatable bonds is 2. The summed E-state index contributed by atoms with van der Waals surface area (Å²) in [4.78, 5) is 4.51. The summed E-state index contributed by atoms with van der Waals surface area (Å²) in [7, 11) is 3.98. The Morgan fingerprint density at radius 2 is 2.13 bits per heavy atom. The van der Waals surface area contributed by atoms with E-state index in [-0.39, 0.29) is 0 Å². The van der Waals surface area contributed by atoms with Gasteiger partial charge in [0.1, 0.15) is 0 Å². The van der Waals surface area contributed by atoms with Crippen LogP contribution in [0.2, 0.25) is 0 Å². The van der Waals surface area contributed by atoms with Gasteiger partial charge in [-0.15, -0.1) is 11.3 Å². The number of hydrogen-bond acceptors (Lipinski definition) is 3. The van der Waals surface area contributed by atoms with Crippen molar-refractivity contribution in [2.24, 2.45) is 7.05 Å². The molecule has 1 N–H and O–H groups in total. The van der Waals surface area contributed by atoms with Crippen molar-refractivity contribution in [1.82, 2.24) is 9.55 Å². The minimum absolute atomic E-state index is 0.964. The standard InChI is InChI=1S/C11H15N3S/c1-7-5-9(8(2)14(7)4)10-6-15-11(12-3)13-10/h5-6H,1-4H3,(H,12,13). The number of nitrogens with zero attached hydrogens (tertiary/aromatic N) is 2. The molecule has 0 bridgehead atoms. The third-order valence-corrected chi connectivity index (χ3v) is 3.63. The number of nitrogens with one attached hydrogen (secondary N) is 1. The fourth-order valence-electron chi connectivity index (χ4n) is 1.63. The number of thiazole rings is 1. The molecule has 0 spiro atoms. The second kappa shape index (κ2) is 3.70. The average molecular weight is 221 g/mol. The largest absolute Gasteiger partial charge is 0.365 e. The molecule has 2 heterocycles. The number of anilines is 1. The molecular weight excluding hydrogens is 206 g/mol. The first-order chi connectivity index (χ1) is 7.13. The predicted molar refractivity (Wildman–Crippen MR) is 65.5 cm³/mol. The molecule has 0 aromatic carbocycles. The molecule has 80 valence electrons. The summed E-state index contributed by atoms with van der Waals surface area (Å²) in [6.45, 7) is 4.24. The second-order valence-corrected chi connectivity index (χ2v) is 4.49. The van der Waals surface area contributed by atoms with Crippen LogP contribution >= 0.6 is 11.3 Å². The lowest BCUT2D eigenvalue weighted by Crippen LogP contribution is -1.93. The Balaban J connectivity index is 2.49. The molecule has 0 aliphatic heterocycles. The van der Waals surface area contributed by atoms with E-state index in [0.29, 0.717) is 0 Å². The van der Waals surface area contributed by atoms with Crippen molar-refractivity contribution in [3.05, 3.63) is 22.8 Å². The Bertz CT molecular complexity index is 482. The smallest absolute Gasteiger partial charge is 0.182 e. The highest BCUT2D eigenvalue weighted by Gasteiger charge is 2.10. The zero-order chi connectivity index (χ0) is 11.0. The quantitative estimate of drug-likeness (QED) is 0.845. The fraction of sp³-hybridized carbons (Fsp3) is 0.364. The van der Waals surface area contributed by atoms with Crippen LogP contribution in [0.4, 0.5) is 5.13 Å². The summed E-state index contributed by atoms with van der Waals surface area (Å²) in [5, 5.41) is 6.11. The Labute approximate surface area is 93.8 Å². The predicted octanol–water partition coefficient (Wildman–Crippen LogP) is 2.81. The topological polar surface area (TPSA) is 29.9 Å². The lowest BCUT2D eigenvalue weighted by atomic mass is 10.2. The third-order valence-electron chi connectivity index (χ3n) is 2.77. The van der Waals surface area contributed by atoms with Crippen molar-refractivity contribution in [1.29, 1.82) is 0 Å². The van der Waals surface area contributed by atoms with Gasteiger partial charge in [-0.1, -0.05) is 0 Å².